The molecular weight excluding hydrogens is 232 g/mol. The first-order valence-electron chi connectivity index (χ1n) is 4.40. The highest BCUT2D eigenvalue weighted by molar-refractivity contribution is 6.33. The summed E-state index contributed by atoms with van der Waals surface area (Å²) in [5.74, 6) is 0.431. The molecule has 0 atom stereocenters. The third-order valence-corrected chi connectivity index (χ3v) is 2.47. The molecule has 0 radical (unpaired) electrons. The molecule has 1 heterocycles. The zero-order valence-electron chi connectivity index (χ0n) is 8.40. The fraction of sp³-hybridized carbons (Fsp3) is 0.100. The van der Waals surface area contributed by atoms with Gasteiger partial charge in [-0.05, 0) is 6.07 Å². The van der Waals surface area contributed by atoms with Crippen molar-refractivity contribution in [2.45, 2.75) is 0 Å². The van der Waals surface area contributed by atoms with Crippen LogP contribution in [0.3, 0.4) is 0 Å². The largest absolute Gasteiger partial charge is 0.504 e. The highest BCUT2D eigenvalue weighted by Gasteiger charge is 2.14. The molecule has 0 unspecified atom stereocenters. The van der Waals surface area contributed by atoms with E-state index in [1.165, 1.54) is 19.4 Å². The number of anilines is 1. The number of nitrogens with zero attached hydrogens (tertiary/aromatic N) is 1. The molecule has 1 aromatic heterocycles. The number of ether oxygens (including phenoxy) is 1. The van der Waals surface area contributed by atoms with Crippen LogP contribution in [0.5, 0.6) is 11.5 Å². The van der Waals surface area contributed by atoms with Crippen LogP contribution in [0.4, 0.5) is 5.88 Å². The van der Waals surface area contributed by atoms with Crippen molar-refractivity contribution in [2.75, 3.05) is 12.8 Å². The van der Waals surface area contributed by atoms with Gasteiger partial charge < -0.3 is 20.1 Å². The lowest BCUT2D eigenvalue weighted by atomic mass is 10.1. The van der Waals surface area contributed by atoms with Gasteiger partial charge in [0.1, 0.15) is 0 Å². The molecule has 0 aliphatic carbocycles. The maximum Gasteiger partial charge on any atom is 0.230 e. The second-order valence-electron chi connectivity index (χ2n) is 3.11. The number of nitrogens with two attached hydrogens (primary N) is 1. The van der Waals surface area contributed by atoms with Crippen LogP contribution in [0.2, 0.25) is 5.02 Å². The number of aromatic hydroxyl groups is 1. The molecule has 3 N–H and O–H groups in total. The van der Waals surface area contributed by atoms with Gasteiger partial charge >= 0.3 is 0 Å². The molecule has 84 valence electrons. The van der Waals surface area contributed by atoms with Crippen LogP contribution >= 0.6 is 11.6 Å². The smallest absolute Gasteiger partial charge is 0.230 e. The van der Waals surface area contributed by atoms with E-state index in [1.807, 2.05) is 0 Å². The van der Waals surface area contributed by atoms with Gasteiger partial charge in [-0.2, -0.15) is 0 Å². The van der Waals surface area contributed by atoms with Gasteiger partial charge in [0.25, 0.3) is 0 Å². The normalized spacial score (nSPS) is 10.4. The third-order valence-electron chi connectivity index (χ3n) is 2.16. The van der Waals surface area contributed by atoms with Crippen LogP contribution in [-0.2, 0) is 0 Å². The minimum atomic E-state index is -0.0359. The van der Waals surface area contributed by atoms with Crippen LogP contribution < -0.4 is 10.5 Å². The standard InChI is InChI=1S/C10H9ClN2O3/c1-15-9-2-5(7(11)3-8(9)14)6-4-13-16-10(6)12/h2-4,14H,12H2,1H3. The van der Waals surface area contributed by atoms with Gasteiger partial charge in [0, 0.05) is 11.6 Å². The Labute approximate surface area is 96.4 Å². The molecule has 2 rings (SSSR count). The van der Waals surface area contributed by atoms with Crippen molar-refractivity contribution < 1.29 is 14.4 Å². The molecule has 0 saturated heterocycles. The van der Waals surface area contributed by atoms with E-state index in [2.05, 4.69) is 5.16 Å². The molecule has 0 amide bonds. The Morgan fingerprint density at radius 1 is 1.44 bits per heavy atom. The highest BCUT2D eigenvalue weighted by Crippen LogP contribution is 2.39. The minimum absolute atomic E-state index is 0.0359. The lowest BCUT2D eigenvalue weighted by Crippen LogP contribution is -1.89. The Morgan fingerprint density at radius 3 is 2.75 bits per heavy atom. The van der Waals surface area contributed by atoms with Gasteiger partial charge in [0.2, 0.25) is 5.88 Å². The Balaban J connectivity index is 2.61. The van der Waals surface area contributed by atoms with Gasteiger partial charge in [0.15, 0.2) is 11.5 Å². The zero-order valence-corrected chi connectivity index (χ0v) is 9.15. The molecule has 0 fully saturated rings. The topological polar surface area (TPSA) is 81.5 Å². The van der Waals surface area contributed by atoms with Crippen molar-refractivity contribution in [1.29, 1.82) is 0 Å². The predicted octanol–water partition coefficient (Wildman–Crippen LogP) is 2.29. The summed E-state index contributed by atoms with van der Waals surface area (Å²) in [7, 11) is 1.45. The minimum Gasteiger partial charge on any atom is -0.504 e. The third kappa shape index (κ3) is 1.65. The number of halogens is 1. The van der Waals surface area contributed by atoms with Crippen molar-refractivity contribution in [3.05, 3.63) is 23.4 Å². The molecule has 16 heavy (non-hydrogen) atoms. The van der Waals surface area contributed by atoms with Crippen LogP contribution in [0, 0.1) is 0 Å². The van der Waals surface area contributed by atoms with E-state index < -0.39 is 0 Å². The van der Waals surface area contributed by atoms with E-state index in [1.54, 1.807) is 6.07 Å². The van der Waals surface area contributed by atoms with Crippen LogP contribution in [0.15, 0.2) is 22.9 Å². The van der Waals surface area contributed by atoms with E-state index in [4.69, 9.17) is 26.6 Å². The summed E-state index contributed by atoms with van der Waals surface area (Å²) in [6.45, 7) is 0. The lowest BCUT2D eigenvalue weighted by molar-refractivity contribution is 0.373. The molecule has 0 aliphatic rings. The van der Waals surface area contributed by atoms with Crippen molar-refractivity contribution in [3.8, 4) is 22.6 Å². The lowest BCUT2D eigenvalue weighted by Gasteiger charge is -2.07. The molecule has 0 spiro atoms. The van der Waals surface area contributed by atoms with Gasteiger partial charge in [-0.15, -0.1) is 0 Å². The molecule has 5 nitrogen and oxygen atoms in total. The van der Waals surface area contributed by atoms with Crippen LogP contribution in [0.25, 0.3) is 11.1 Å². The van der Waals surface area contributed by atoms with Gasteiger partial charge in [0.05, 0.1) is 23.9 Å². The first-order valence-corrected chi connectivity index (χ1v) is 4.78. The van der Waals surface area contributed by atoms with E-state index in [0.717, 1.165) is 0 Å². The number of methoxy groups -OCH3 is 1. The molecule has 6 heteroatoms. The molecule has 1 aromatic carbocycles. The summed E-state index contributed by atoms with van der Waals surface area (Å²) in [4.78, 5) is 0. The Hall–Kier alpha value is -1.88. The molecule has 2 aromatic rings. The fourth-order valence-corrected chi connectivity index (χ4v) is 1.62. The van der Waals surface area contributed by atoms with Gasteiger partial charge in [-0.1, -0.05) is 16.8 Å². The number of nitrogen functional groups attached to an aromatic ring is 1. The zero-order chi connectivity index (χ0) is 11.7. The monoisotopic (exact) mass is 240 g/mol. The molecule has 0 bridgehead atoms. The van der Waals surface area contributed by atoms with Gasteiger partial charge in [-0.3, -0.25) is 0 Å². The summed E-state index contributed by atoms with van der Waals surface area (Å²) in [6.07, 6.45) is 1.45. The number of rotatable bonds is 2. The Kier molecular flexibility index (Phi) is 2.62. The summed E-state index contributed by atoms with van der Waals surface area (Å²) >= 11 is 5.98. The second-order valence-corrected chi connectivity index (χ2v) is 3.51. The second kappa shape index (κ2) is 3.94. The van der Waals surface area contributed by atoms with Crippen molar-refractivity contribution in [1.82, 2.24) is 5.16 Å². The first kappa shape index (κ1) is 10.6. The van der Waals surface area contributed by atoms with Crippen LogP contribution in [-0.4, -0.2) is 17.4 Å². The van der Waals surface area contributed by atoms with E-state index in [9.17, 15) is 5.11 Å². The first-order chi connectivity index (χ1) is 7.63. The number of phenolic OH excluding ortho intramolecular Hbond substituents is 1. The van der Waals surface area contributed by atoms with Crippen molar-refractivity contribution in [3.63, 3.8) is 0 Å². The van der Waals surface area contributed by atoms with E-state index >= 15 is 0 Å². The average Bonchev–Trinajstić information content (AvgIpc) is 2.65. The number of aromatic nitrogens is 1. The van der Waals surface area contributed by atoms with Crippen LogP contribution in [0.1, 0.15) is 0 Å². The summed E-state index contributed by atoms with van der Waals surface area (Å²) in [5.41, 5.74) is 6.73. The molecule has 0 saturated carbocycles. The molecular formula is C10H9ClN2O3. The van der Waals surface area contributed by atoms with Crippen molar-refractivity contribution in [2.24, 2.45) is 0 Å². The summed E-state index contributed by atoms with van der Waals surface area (Å²) < 4.78 is 9.72. The van der Waals surface area contributed by atoms with Crippen molar-refractivity contribution >= 4 is 17.5 Å². The van der Waals surface area contributed by atoms with E-state index in [-0.39, 0.29) is 11.6 Å². The highest BCUT2D eigenvalue weighted by atomic mass is 35.5. The SMILES string of the molecule is COc1cc(-c2cnoc2N)c(Cl)cc1O. The summed E-state index contributed by atoms with van der Waals surface area (Å²) in [5, 5.41) is 13.4. The maximum atomic E-state index is 9.50. The Bertz CT molecular complexity index is 525. The number of hydrogen-bond donors (Lipinski definition) is 2. The fourth-order valence-electron chi connectivity index (χ4n) is 1.36. The van der Waals surface area contributed by atoms with E-state index in [0.29, 0.717) is 21.9 Å². The average molecular weight is 241 g/mol. The number of phenols is 1. The van der Waals surface area contributed by atoms with Gasteiger partial charge in [-0.25, -0.2) is 0 Å². The quantitative estimate of drug-likeness (QED) is 0.842. The number of benzene rings is 1. The number of hydrogen-bond acceptors (Lipinski definition) is 5. The molecule has 0 aliphatic heterocycles. The predicted molar refractivity (Wildman–Crippen MR) is 59.6 cm³/mol. The maximum absolute atomic E-state index is 9.50. The summed E-state index contributed by atoms with van der Waals surface area (Å²) in [6, 6.07) is 2.95. The Morgan fingerprint density at radius 2 is 2.19 bits per heavy atom.